The highest BCUT2D eigenvalue weighted by molar-refractivity contribution is 6.35. The van der Waals surface area contributed by atoms with E-state index in [-0.39, 0.29) is 22.4 Å². The normalized spacial score (nSPS) is 18.0. The van der Waals surface area contributed by atoms with Crippen molar-refractivity contribution in [2.75, 3.05) is 30.3 Å². The lowest BCUT2D eigenvalue weighted by atomic mass is 9.98. The zero-order chi connectivity index (χ0) is 16.2. The van der Waals surface area contributed by atoms with E-state index < -0.39 is 0 Å². The van der Waals surface area contributed by atoms with Crippen molar-refractivity contribution in [3.8, 4) is 0 Å². The third-order valence-corrected chi connectivity index (χ3v) is 4.25. The SMILES string of the molecule is Nc1n[nH]c(C(=O)NC[C@H]2CCCN(c3ncccn3)C2)c1Cl. The van der Waals surface area contributed by atoms with Crippen molar-refractivity contribution in [1.82, 2.24) is 25.5 Å². The van der Waals surface area contributed by atoms with Gasteiger partial charge in [0.1, 0.15) is 10.7 Å². The topological polar surface area (TPSA) is 113 Å². The fraction of sp³-hybridized carbons (Fsp3) is 0.429. The van der Waals surface area contributed by atoms with Gasteiger partial charge in [0.05, 0.1) is 0 Å². The molecule has 1 saturated heterocycles. The van der Waals surface area contributed by atoms with Gasteiger partial charge in [-0.15, -0.1) is 0 Å². The highest BCUT2D eigenvalue weighted by Gasteiger charge is 2.23. The number of nitrogens with two attached hydrogens (primary N) is 1. The third kappa shape index (κ3) is 3.53. The van der Waals surface area contributed by atoms with E-state index >= 15 is 0 Å². The van der Waals surface area contributed by atoms with Crippen LogP contribution in [0.4, 0.5) is 11.8 Å². The molecule has 4 N–H and O–H groups in total. The van der Waals surface area contributed by atoms with E-state index in [1.54, 1.807) is 18.5 Å². The molecule has 3 rings (SSSR count). The fourth-order valence-corrected chi connectivity index (χ4v) is 2.86. The fourth-order valence-electron chi connectivity index (χ4n) is 2.69. The number of anilines is 2. The number of nitrogens with zero attached hydrogens (tertiary/aromatic N) is 4. The molecule has 1 aliphatic rings. The summed E-state index contributed by atoms with van der Waals surface area (Å²) in [7, 11) is 0. The number of hydrogen-bond acceptors (Lipinski definition) is 6. The Hall–Kier alpha value is -2.35. The van der Waals surface area contributed by atoms with Crippen LogP contribution in [0.3, 0.4) is 0 Å². The summed E-state index contributed by atoms with van der Waals surface area (Å²) in [6.45, 7) is 2.29. The van der Waals surface area contributed by atoms with Crippen LogP contribution < -0.4 is 16.0 Å². The van der Waals surface area contributed by atoms with E-state index in [1.807, 2.05) is 0 Å². The van der Waals surface area contributed by atoms with Gasteiger partial charge >= 0.3 is 0 Å². The molecule has 1 aliphatic heterocycles. The number of piperidine rings is 1. The summed E-state index contributed by atoms with van der Waals surface area (Å²) in [5, 5.41) is 9.30. The Balaban J connectivity index is 1.56. The zero-order valence-electron chi connectivity index (χ0n) is 12.5. The van der Waals surface area contributed by atoms with Crippen molar-refractivity contribution in [1.29, 1.82) is 0 Å². The predicted octanol–water partition coefficient (Wildman–Crippen LogP) is 1.08. The second-order valence-electron chi connectivity index (χ2n) is 5.51. The van der Waals surface area contributed by atoms with Gasteiger partial charge in [0, 0.05) is 32.0 Å². The van der Waals surface area contributed by atoms with E-state index in [0.717, 1.165) is 31.9 Å². The quantitative estimate of drug-likeness (QED) is 0.770. The van der Waals surface area contributed by atoms with Crippen molar-refractivity contribution in [2.24, 2.45) is 5.92 Å². The molecule has 0 aromatic carbocycles. The summed E-state index contributed by atoms with van der Waals surface area (Å²) < 4.78 is 0. The molecule has 0 bridgehead atoms. The lowest BCUT2D eigenvalue weighted by Gasteiger charge is -2.32. The Morgan fingerprint density at radius 3 is 2.96 bits per heavy atom. The maximum atomic E-state index is 12.1. The molecule has 0 radical (unpaired) electrons. The lowest BCUT2D eigenvalue weighted by Crippen LogP contribution is -2.41. The average molecular weight is 336 g/mol. The first-order valence-electron chi connectivity index (χ1n) is 7.44. The summed E-state index contributed by atoms with van der Waals surface area (Å²) in [6, 6.07) is 1.80. The van der Waals surface area contributed by atoms with Crippen molar-refractivity contribution < 1.29 is 4.79 Å². The molecule has 1 fully saturated rings. The van der Waals surface area contributed by atoms with Crippen molar-refractivity contribution in [3.63, 3.8) is 0 Å². The van der Waals surface area contributed by atoms with Gasteiger partial charge in [0.15, 0.2) is 5.82 Å². The first kappa shape index (κ1) is 15.5. The molecule has 0 aliphatic carbocycles. The second-order valence-corrected chi connectivity index (χ2v) is 5.89. The summed E-state index contributed by atoms with van der Waals surface area (Å²) in [6.07, 6.45) is 5.55. The molecule has 1 atom stereocenters. The number of nitrogens with one attached hydrogen (secondary N) is 2. The van der Waals surface area contributed by atoms with Crippen LogP contribution in [-0.4, -0.2) is 45.7 Å². The van der Waals surface area contributed by atoms with Crippen molar-refractivity contribution >= 4 is 29.3 Å². The summed E-state index contributed by atoms with van der Waals surface area (Å²) >= 11 is 5.92. The number of hydrogen-bond donors (Lipinski definition) is 3. The van der Waals surface area contributed by atoms with E-state index in [9.17, 15) is 4.79 Å². The molecule has 8 nitrogen and oxygen atoms in total. The Morgan fingerprint density at radius 2 is 2.26 bits per heavy atom. The Labute approximate surface area is 138 Å². The third-order valence-electron chi connectivity index (χ3n) is 3.86. The highest BCUT2D eigenvalue weighted by atomic mass is 35.5. The standard InChI is InChI=1S/C14H18ClN7O/c15-10-11(20-21-12(10)16)13(23)19-7-9-3-1-6-22(8-9)14-17-4-2-5-18-14/h2,4-5,9H,1,3,6-8H2,(H,19,23)(H3,16,20,21)/t9-/m1/s1. The van der Waals surface area contributed by atoms with Crippen LogP contribution >= 0.6 is 11.6 Å². The van der Waals surface area contributed by atoms with Crippen molar-refractivity contribution in [3.05, 3.63) is 29.2 Å². The summed E-state index contributed by atoms with van der Waals surface area (Å²) in [5.41, 5.74) is 5.72. The van der Waals surface area contributed by atoms with E-state index in [0.29, 0.717) is 12.5 Å². The Morgan fingerprint density at radius 1 is 1.48 bits per heavy atom. The van der Waals surface area contributed by atoms with Gasteiger partial charge in [-0.25, -0.2) is 9.97 Å². The highest BCUT2D eigenvalue weighted by Crippen LogP contribution is 2.21. The lowest BCUT2D eigenvalue weighted by molar-refractivity contribution is 0.0940. The monoisotopic (exact) mass is 335 g/mol. The zero-order valence-corrected chi connectivity index (χ0v) is 13.3. The van der Waals surface area contributed by atoms with Gasteiger partial charge in [-0.05, 0) is 24.8 Å². The first-order valence-corrected chi connectivity index (χ1v) is 7.82. The summed E-state index contributed by atoms with van der Waals surface area (Å²) in [5.74, 6) is 0.887. The van der Waals surface area contributed by atoms with Crippen LogP contribution in [-0.2, 0) is 0 Å². The molecule has 2 aromatic rings. The number of carbonyl (C=O) groups is 1. The van der Waals surface area contributed by atoms with Crippen LogP contribution in [0.2, 0.25) is 5.02 Å². The molecule has 9 heteroatoms. The minimum Gasteiger partial charge on any atom is -0.381 e. The van der Waals surface area contributed by atoms with Gasteiger partial charge in [0.2, 0.25) is 5.95 Å². The molecule has 0 spiro atoms. The first-order chi connectivity index (χ1) is 11.1. The van der Waals surface area contributed by atoms with Crippen LogP contribution in [0.15, 0.2) is 18.5 Å². The van der Waals surface area contributed by atoms with Crippen LogP contribution in [0.5, 0.6) is 0 Å². The van der Waals surface area contributed by atoms with Gasteiger partial charge < -0.3 is 16.0 Å². The van der Waals surface area contributed by atoms with Gasteiger partial charge in [-0.1, -0.05) is 11.6 Å². The average Bonchev–Trinajstić information content (AvgIpc) is 2.93. The van der Waals surface area contributed by atoms with Crippen molar-refractivity contribution in [2.45, 2.75) is 12.8 Å². The number of H-pyrrole nitrogens is 1. The van der Waals surface area contributed by atoms with Crippen LogP contribution in [0.1, 0.15) is 23.3 Å². The number of aromatic nitrogens is 4. The maximum Gasteiger partial charge on any atom is 0.270 e. The molecule has 2 aromatic heterocycles. The van der Waals surface area contributed by atoms with E-state index in [4.69, 9.17) is 17.3 Å². The Bertz CT molecular complexity index is 675. The number of rotatable bonds is 4. The minimum atomic E-state index is -0.299. The van der Waals surface area contributed by atoms with Crippen LogP contribution in [0, 0.1) is 5.92 Å². The number of amides is 1. The van der Waals surface area contributed by atoms with Gasteiger partial charge in [0.25, 0.3) is 5.91 Å². The number of halogens is 1. The van der Waals surface area contributed by atoms with E-state index in [1.165, 1.54) is 0 Å². The molecular formula is C14H18ClN7O. The van der Waals surface area contributed by atoms with Gasteiger partial charge in [-0.2, -0.15) is 5.10 Å². The minimum absolute atomic E-state index is 0.127. The molecule has 0 unspecified atom stereocenters. The molecule has 23 heavy (non-hydrogen) atoms. The van der Waals surface area contributed by atoms with Gasteiger partial charge in [-0.3, -0.25) is 9.89 Å². The Kier molecular flexibility index (Phi) is 4.61. The van der Waals surface area contributed by atoms with Crippen LogP contribution in [0.25, 0.3) is 0 Å². The number of aromatic amines is 1. The molecule has 3 heterocycles. The van der Waals surface area contributed by atoms with E-state index in [2.05, 4.69) is 30.4 Å². The molecular weight excluding hydrogens is 318 g/mol. The molecule has 1 amide bonds. The summed E-state index contributed by atoms with van der Waals surface area (Å²) in [4.78, 5) is 22.8. The number of nitrogen functional groups attached to an aromatic ring is 1. The smallest absolute Gasteiger partial charge is 0.270 e. The maximum absolute atomic E-state index is 12.1. The second kappa shape index (κ2) is 6.82. The largest absolute Gasteiger partial charge is 0.381 e. The predicted molar refractivity (Wildman–Crippen MR) is 87.3 cm³/mol. The molecule has 0 saturated carbocycles. The number of carbonyl (C=O) groups excluding carboxylic acids is 1. The molecule has 122 valence electrons.